The van der Waals surface area contributed by atoms with E-state index in [1.54, 1.807) is 24.1 Å². The first-order chi connectivity index (χ1) is 17.9. The van der Waals surface area contributed by atoms with Gasteiger partial charge in [0.15, 0.2) is 5.17 Å². The van der Waals surface area contributed by atoms with Crippen LogP contribution in [0.2, 0.25) is 5.02 Å². The van der Waals surface area contributed by atoms with E-state index in [0.717, 1.165) is 5.56 Å². The number of benzene rings is 3. The summed E-state index contributed by atoms with van der Waals surface area (Å²) in [4.78, 5) is 32.8. The molecular weight excluding hydrogens is 510 g/mol. The molecule has 9 heteroatoms. The zero-order valence-corrected chi connectivity index (χ0v) is 22.2. The molecule has 1 fully saturated rings. The number of amides is 2. The van der Waals surface area contributed by atoms with Gasteiger partial charge in [-0.25, -0.2) is 4.99 Å². The molecule has 3 aromatic carbocycles. The van der Waals surface area contributed by atoms with Crippen molar-refractivity contribution in [2.75, 3.05) is 25.6 Å². The Morgan fingerprint density at radius 1 is 1.11 bits per heavy atom. The number of aliphatic imine (C=N–C) groups is 1. The highest BCUT2D eigenvalue weighted by Gasteiger charge is 2.35. The number of methoxy groups -OCH3 is 1. The maximum absolute atomic E-state index is 13.3. The van der Waals surface area contributed by atoms with E-state index in [-0.39, 0.29) is 18.2 Å². The van der Waals surface area contributed by atoms with E-state index in [0.29, 0.717) is 52.6 Å². The van der Waals surface area contributed by atoms with E-state index in [1.807, 2.05) is 67.6 Å². The van der Waals surface area contributed by atoms with Crippen molar-refractivity contribution in [3.8, 4) is 11.5 Å². The quantitative estimate of drug-likeness (QED) is 0.365. The average molecular weight is 538 g/mol. The molecule has 0 unspecified atom stereocenters. The molecule has 2 amide bonds. The number of hydrogen-bond acceptors (Lipinski definition) is 6. The van der Waals surface area contributed by atoms with Crippen LogP contribution in [0.4, 0.5) is 11.4 Å². The van der Waals surface area contributed by atoms with Crippen molar-refractivity contribution in [1.29, 1.82) is 0 Å². The SMILES string of the molecule is CCOc1cccc(NC(=O)[C@H]2CC(=O)N(CCc3ccc(Cl)cc3)C(=Nc3ccc(OC)cc3)S2)c1. The monoisotopic (exact) mass is 537 g/mol. The molecule has 0 bridgehead atoms. The highest BCUT2D eigenvalue weighted by atomic mass is 35.5. The van der Waals surface area contributed by atoms with Crippen LogP contribution in [-0.4, -0.2) is 47.4 Å². The molecule has 0 aliphatic carbocycles. The molecule has 1 saturated heterocycles. The lowest BCUT2D eigenvalue weighted by Gasteiger charge is -2.32. The Bertz CT molecular complexity index is 1270. The summed E-state index contributed by atoms with van der Waals surface area (Å²) in [5, 5.41) is 3.44. The zero-order valence-electron chi connectivity index (χ0n) is 20.6. The van der Waals surface area contributed by atoms with Gasteiger partial charge in [0.2, 0.25) is 11.8 Å². The van der Waals surface area contributed by atoms with Gasteiger partial charge in [-0.2, -0.15) is 0 Å². The predicted molar refractivity (Wildman–Crippen MR) is 149 cm³/mol. The van der Waals surface area contributed by atoms with Crippen molar-refractivity contribution >= 4 is 51.7 Å². The summed E-state index contributed by atoms with van der Waals surface area (Å²) in [5.74, 6) is 0.972. The second kappa shape index (κ2) is 12.7. The Hall–Kier alpha value is -3.49. The second-order valence-corrected chi connectivity index (χ2v) is 9.88. The number of rotatable bonds is 9. The van der Waals surface area contributed by atoms with Gasteiger partial charge in [-0.15, -0.1) is 0 Å². The Morgan fingerprint density at radius 2 is 1.86 bits per heavy atom. The molecule has 1 heterocycles. The molecule has 7 nitrogen and oxygen atoms in total. The third-order valence-electron chi connectivity index (χ3n) is 5.68. The standard InChI is InChI=1S/C28H28ClN3O4S/c1-3-36-24-6-4-5-22(17-24)30-27(34)25-18-26(33)32(16-15-19-7-9-20(29)10-8-19)28(37-25)31-21-11-13-23(35-2)14-12-21/h4-14,17,25H,3,15-16,18H2,1-2H3,(H,30,34)/t25-/m1/s1. The zero-order chi connectivity index (χ0) is 26.2. The number of nitrogens with zero attached hydrogens (tertiary/aromatic N) is 2. The summed E-state index contributed by atoms with van der Waals surface area (Å²) in [6, 6.07) is 22.0. The number of anilines is 1. The third-order valence-corrected chi connectivity index (χ3v) is 7.12. The first kappa shape index (κ1) is 26.6. The summed E-state index contributed by atoms with van der Waals surface area (Å²) < 4.78 is 10.8. The minimum atomic E-state index is -0.618. The largest absolute Gasteiger partial charge is 0.497 e. The van der Waals surface area contributed by atoms with Crippen LogP contribution in [0.25, 0.3) is 0 Å². The lowest BCUT2D eigenvalue weighted by Crippen LogP contribution is -2.46. The van der Waals surface area contributed by atoms with Gasteiger partial charge in [0.1, 0.15) is 16.7 Å². The van der Waals surface area contributed by atoms with Gasteiger partial charge in [-0.3, -0.25) is 14.5 Å². The van der Waals surface area contributed by atoms with E-state index >= 15 is 0 Å². The molecule has 1 N–H and O–H groups in total. The van der Waals surface area contributed by atoms with Crippen LogP contribution in [0, 0.1) is 0 Å². The summed E-state index contributed by atoms with van der Waals surface area (Å²) in [5.41, 5.74) is 2.33. The maximum Gasteiger partial charge on any atom is 0.238 e. The molecule has 1 aliphatic rings. The number of carbonyl (C=O) groups excluding carboxylic acids is 2. The van der Waals surface area contributed by atoms with E-state index in [4.69, 9.17) is 26.1 Å². The summed E-state index contributed by atoms with van der Waals surface area (Å²) in [6.07, 6.45) is 0.704. The topological polar surface area (TPSA) is 80.2 Å². The molecule has 4 rings (SSSR count). The average Bonchev–Trinajstić information content (AvgIpc) is 2.90. The Morgan fingerprint density at radius 3 is 2.57 bits per heavy atom. The lowest BCUT2D eigenvalue weighted by atomic mass is 10.1. The van der Waals surface area contributed by atoms with Crippen molar-refractivity contribution in [3.63, 3.8) is 0 Å². The van der Waals surface area contributed by atoms with Crippen LogP contribution in [0.5, 0.6) is 11.5 Å². The van der Waals surface area contributed by atoms with Crippen molar-refractivity contribution < 1.29 is 19.1 Å². The summed E-state index contributed by atoms with van der Waals surface area (Å²) in [7, 11) is 1.60. The normalized spacial score (nSPS) is 16.5. The fourth-order valence-corrected chi connectivity index (χ4v) is 5.02. The van der Waals surface area contributed by atoms with Gasteiger partial charge >= 0.3 is 0 Å². The molecular formula is C28H28ClN3O4S. The minimum Gasteiger partial charge on any atom is -0.497 e. The van der Waals surface area contributed by atoms with Crippen molar-refractivity contribution in [3.05, 3.63) is 83.4 Å². The van der Waals surface area contributed by atoms with Crippen LogP contribution >= 0.6 is 23.4 Å². The highest BCUT2D eigenvalue weighted by molar-refractivity contribution is 8.15. The third kappa shape index (κ3) is 7.27. The highest BCUT2D eigenvalue weighted by Crippen LogP contribution is 2.31. The van der Waals surface area contributed by atoms with Crippen molar-refractivity contribution in [2.45, 2.75) is 25.0 Å². The molecule has 1 atom stereocenters. The van der Waals surface area contributed by atoms with Crippen LogP contribution in [-0.2, 0) is 16.0 Å². The lowest BCUT2D eigenvalue weighted by molar-refractivity contribution is -0.129. The van der Waals surface area contributed by atoms with E-state index in [2.05, 4.69) is 5.32 Å². The van der Waals surface area contributed by atoms with Gasteiger partial charge in [-0.05, 0) is 67.4 Å². The summed E-state index contributed by atoms with van der Waals surface area (Å²) in [6.45, 7) is 2.87. The number of nitrogens with one attached hydrogen (secondary N) is 1. The molecule has 0 radical (unpaired) electrons. The first-order valence-corrected chi connectivity index (χ1v) is 13.2. The summed E-state index contributed by atoms with van der Waals surface area (Å²) >= 11 is 7.29. The van der Waals surface area contributed by atoms with Crippen molar-refractivity contribution in [2.24, 2.45) is 4.99 Å². The van der Waals surface area contributed by atoms with E-state index < -0.39 is 5.25 Å². The number of carbonyl (C=O) groups is 2. The number of thioether (sulfide) groups is 1. The number of hydrogen-bond donors (Lipinski definition) is 1. The first-order valence-electron chi connectivity index (χ1n) is 11.9. The Labute approximate surface area is 225 Å². The Kier molecular flexibility index (Phi) is 9.09. The number of halogens is 1. The van der Waals surface area contributed by atoms with Gasteiger partial charge in [0.05, 0.1) is 19.4 Å². The van der Waals surface area contributed by atoms with Crippen LogP contribution in [0.1, 0.15) is 18.9 Å². The predicted octanol–water partition coefficient (Wildman–Crippen LogP) is 5.95. The number of ether oxygens (including phenoxy) is 2. The molecule has 37 heavy (non-hydrogen) atoms. The van der Waals surface area contributed by atoms with Gasteiger partial charge in [0, 0.05) is 29.7 Å². The fraction of sp³-hybridized carbons (Fsp3) is 0.250. The molecule has 192 valence electrons. The van der Waals surface area contributed by atoms with Gasteiger partial charge in [-0.1, -0.05) is 41.6 Å². The van der Waals surface area contributed by atoms with Gasteiger partial charge < -0.3 is 14.8 Å². The molecule has 0 aromatic heterocycles. The number of amidine groups is 1. The van der Waals surface area contributed by atoms with Crippen molar-refractivity contribution in [1.82, 2.24) is 4.90 Å². The smallest absolute Gasteiger partial charge is 0.238 e. The minimum absolute atomic E-state index is 0.0733. The molecule has 1 aliphatic heterocycles. The molecule has 0 spiro atoms. The van der Waals surface area contributed by atoms with E-state index in [9.17, 15) is 9.59 Å². The fourth-order valence-electron chi connectivity index (χ4n) is 3.77. The van der Waals surface area contributed by atoms with Crippen LogP contribution in [0.3, 0.4) is 0 Å². The second-order valence-electron chi connectivity index (χ2n) is 8.27. The molecule has 3 aromatic rings. The van der Waals surface area contributed by atoms with Gasteiger partial charge in [0.25, 0.3) is 0 Å². The van der Waals surface area contributed by atoms with Crippen LogP contribution < -0.4 is 14.8 Å². The van der Waals surface area contributed by atoms with Crippen LogP contribution in [0.15, 0.2) is 77.8 Å². The Balaban J connectivity index is 1.54. The van der Waals surface area contributed by atoms with E-state index in [1.165, 1.54) is 11.8 Å². The molecule has 0 saturated carbocycles. The maximum atomic E-state index is 13.3.